The summed E-state index contributed by atoms with van der Waals surface area (Å²) >= 11 is 0. The number of aryl methyl sites for hydroxylation is 1. The fraction of sp³-hybridized carbons (Fsp3) is 0.464. The number of benzene rings is 2. The quantitative estimate of drug-likeness (QED) is 0.506. The van der Waals surface area contributed by atoms with Crippen molar-refractivity contribution in [1.82, 2.24) is 0 Å². The number of carbonyl (C=O) groups is 1. The summed E-state index contributed by atoms with van der Waals surface area (Å²) < 4.78 is 0. The van der Waals surface area contributed by atoms with E-state index >= 15 is 0 Å². The third-order valence-corrected chi connectivity index (χ3v) is 6.72. The van der Waals surface area contributed by atoms with Gasteiger partial charge < -0.3 is 5.11 Å². The highest BCUT2D eigenvalue weighted by Crippen LogP contribution is 2.47. The molecule has 2 nitrogen and oxygen atoms in total. The Kier molecular flexibility index (Phi) is 6.26. The molecule has 1 N–H and O–H groups in total. The van der Waals surface area contributed by atoms with Gasteiger partial charge in [0.05, 0.1) is 5.56 Å². The summed E-state index contributed by atoms with van der Waals surface area (Å²) in [4.78, 5) is 11.1. The SMILES string of the molecule is CC(C)CCc1cc2c(cc1C=Cc1ccc(C(=O)O)cc1)C(C)(C)CCC2(C)C. The second-order valence-electron chi connectivity index (χ2n) is 10.6. The molecule has 0 radical (unpaired) electrons. The first-order valence-corrected chi connectivity index (χ1v) is 11.2. The second kappa shape index (κ2) is 8.41. The van der Waals surface area contributed by atoms with Gasteiger partial charge in [-0.3, -0.25) is 0 Å². The van der Waals surface area contributed by atoms with Gasteiger partial charge in [-0.2, -0.15) is 0 Å². The number of rotatable bonds is 6. The zero-order chi connectivity index (χ0) is 22.1. The smallest absolute Gasteiger partial charge is 0.335 e. The number of carboxylic acids is 1. The largest absolute Gasteiger partial charge is 0.478 e. The van der Waals surface area contributed by atoms with Gasteiger partial charge in [0.2, 0.25) is 0 Å². The monoisotopic (exact) mass is 404 g/mol. The van der Waals surface area contributed by atoms with Crippen LogP contribution in [0, 0.1) is 5.92 Å². The molecule has 0 aliphatic heterocycles. The minimum Gasteiger partial charge on any atom is -0.478 e. The average Bonchev–Trinajstić information content (AvgIpc) is 2.68. The highest BCUT2D eigenvalue weighted by atomic mass is 16.4. The fourth-order valence-corrected chi connectivity index (χ4v) is 4.41. The molecule has 1 aliphatic rings. The molecule has 0 unspecified atom stereocenters. The summed E-state index contributed by atoms with van der Waals surface area (Å²) in [6, 6.07) is 12.0. The Bertz CT molecular complexity index is 943. The lowest BCUT2D eigenvalue weighted by Crippen LogP contribution is -2.34. The zero-order valence-corrected chi connectivity index (χ0v) is 19.4. The van der Waals surface area contributed by atoms with Crippen molar-refractivity contribution in [2.75, 3.05) is 0 Å². The molecule has 3 rings (SSSR count). The average molecular weight is 405 g/mol. The van der Waals surface area contributed by atoms with E-state index < -0.39 is 5.97 Å². The summed E-state index contributed by atoms with van der Waals surface area (Å²) in [6.07, 6.45) is 9.01. The maximum Gasteiger partial charge on any atom is 0.335 e. The zero-order valence-electron chi connectivity index (χ0n) is 19.4. The predicted octanol–water partition coefficient (Wildman–Crippen LogP) is 7.49. The predicted molar refractivity (Wildman–Crippen MR) is 127 cm³/mol. The molecule has 0 atom stereocenters. The first-order chi connectivity index (χ1) is 14.0. The third-order valence-electron chi connectivity index (χ3n) is 6.72. The van der Waals surface area contributed by atoms with Gasteiger partial charge in [0.1, 0.15) is 0 Å². The molecule has 0 saturated carbocycles. The molecule has 0 aromatic heterocycles. The van der Waals surface area contributed by atoms with Crippen LogP contribution in [0.3, 0.4) is 0 Å². The van der Waals surface area contributed by atoms with Gasteiger partial charge in [0.15, 0.2) is 0 Å². The lowest BCUT2D eigenvalue weighted by atomic mass is 9.62. The van der Waals surface area contributed by atoms with E-state index in [-0.39, 0.29) is 10.8 Å². The van der Waals surface area contributed by atoms with Crippen molar-refractivity contribution in [3.8, 4) is 0 Å². The molecular formula is C28H36O2. The first-order valence-electron chi connectivity index (χ1n) is 11.2. The normalized spacial score (nSPS) is 17.3. The van der Waals surface area contributed by atoms with E-state index in [1.54, 1.807) is 12.1 Å². The van der Waals surface area contributed by atoms with Gasteiger partial charge >= 0.3 is 5.97 Å². The number of fused-ring (bicyclic) bond motifs is 1. The van der Waals surface area contributed by atoms with Crippen molar-refractivity contribution in [3.05, 3.63) is 69.8 Å². The molecule has 0 saturated heterocycles. The van der Waals surface area contributed by atoms with Gasteiger partial charge in [-0.05, 0) is 82.4 Å². The molecule has 0 heterocycles. The maximum absolute atomic E-state index is 11.1. The Hall–Kier alpha value is -2.35. The molecule has 0 spiro atoms. The van der Waals surface area contributed by atoms with E-state index in [4.69, 9.17) is 5.11 Å². The molecule has 2 aromatic rings. The van der Waals surface area contributed by atoms with Gasteiger partial charge in [0.25, 0.3) is 0 Å². The molecule has 0 fully saturated rings. The lowest BCUT2D eigenvalue weighted by molar-refractivity contribution is 0.0697. The summed E-state index contributed by atoms with van der Waals surface area (Å²) in [5.74, 6) is -0.216. The van der Waals surface area contributed by atoms with Crippen LogP contribution in [0.2, 0.25) is 0 Å². The number of hydrogen-bond donors (Lipinski definition) is 1. The standard InChI is InChI=1S/C28H36O2/c1-19(2)7-11-22-17-24-25(28(5,6)16-15-27(24,3)4)18-23(22)14-10-20-8-12-21(13-9-20)26(29)30/h8-10,12-14,17-19H,7,11,15-16H2,1-6H3,(H,29,30). The van der Waals surface area contributed by atoms with Crippen molar-refractivity contribution in [2.24, 2.45) is 5.92 Å². The van der Waals surface area contributed by atoms with Crippen LogP contribution in [0.5, 0.6) is 0 Å². The number of aromatic carboxylic acids is 1. The Labute approximate surface area is 182 Å². The van der Waals surface area contributed by atoms with Crippen LogP contribution >= 0.6 is 0 Å². The Morgan fingerprint density at radius 2 is 1.53 bits per heavy atom. The van der Waals surface area contributed by atoms with Crippen LogP contribution in [0.15, 0.2) is 36.4 Å². The van der Waals surface area contributed by atoms with Crippen molar-refractivity contribution in [3.63, 3.8) is 0 Å². The maximum atomic E-state index is 11.1. The van der Waals surface area contributed by atoms with Crippen LogP contribution in [-0.4, -0.2) is 11.1 Å². The molecule has 1 aliphatic carbocycles. The highest BCUT2D eigenvalue weighted by molar-refractivity contribution is 5.88. The minimum absolute atomic E-state index is 0.188. The van der Waals surface area contributed by atoms with Gasteiger partial charge in [-0.15, -0.1) is 0 Å². The number of hydrogen-bond acceptors (Lipinski definition) is 1. The molecule has 30 heavy (non-hydrogen) atoms. The Balaban J connectivity index is 2.04. The Morgan fingerprint density at radius 1 is 0.967 bits per heavy atom. The molecule has 0 bridgehead atoms. The van der Waals surface area contributed by atoms with E-state index in [9.17, 15) is 4.79 Å². The second-order valence-corrected chi connectivity index (χ2v) is 10.6. The summed E-state index contributed by atoms with van der Waals surface area (Å²) in [5, 5.41) is 9.11. The first kappa shape index (κ1) is 22.3. The van der Waals surface area contributed by atoms with Crippen LogP contribution in [0.4, 0.5) is 0 Å². The van der Waals surface area contributed by atoms with Crippen LogP contribution in [-0.2, 0) is 17.3 Å². The van der Waals surface area contributed by atoms with E-state index in [1.165, 1.54) is 41.5 Å². The molecular weight excluding hydrogens is 368 g/mol. The fourth-order valence-electron chi connectivity index (χ4n) is 4.41. The van der Waals surface area contributed by atoms with Gasteiger partial charge in [-0.1, -0.05) is 78.0 Å². The highest BCUT2D eigenvalue weighted by Gasteiger charge is 2.37. The van der Waals surface area contributed by atoms with Gasteiger partial charge in [0, 0.05) is 0 Å². The molecule has 0 amide bonds. The van der Waals surface area contributed by atoms with E-state index in [0.29, 0.717) is 11.5 Å². The Morgan fingerprint density at radius 3 is 2.07 bits per heavy atom. The third kappa shape index (κ3) is 4.86. The number of carboxylic acid groups (broad SMARTS) is 1. The molecule has 2 aromatic carbocycles. The van der Waals surface area contributed by atoms with Crippen molar-refractivity contribution >= 4 is 18.1 Å². The van der Waals surface area contributed by atoms with Crippen LogP contribution in [0.1, 0.15) is 99.0 Å². The minimum atomic E-state index is -0.888. The van der Waals surface area contributed by atoms with Gasteiger partial charge in [-0.25, -0.2) is 4.79 Å². The summed E-state index contributed by atoms with van der Waals surface area (Å²) in [7, 11) is 0. The van der Waals surface area contributed by atoms with E-state index in [0.717, 1.165) is 12.0 Å². The van der Waals surface area contributed by atoms with Crippen molar-refractivity contribution in [2.45, 2.75) is 78.1 Å². The van der Waals surface area contributed by atoms with Crippen LogP contribution in [0.25, 0.3) is 12.2 Å². The summed E-state index contributed by atoms with van der Waals surface area (Å²) in [5.41, 5.74) is 7.46. The molecule has 160 valence electrons. The van der Waals surface area contributed by atoms with E-state index in [2.05, 4.69) is 65.8 Å². The topological polar surface area (TPSA) is 37.3 Å². The van der Waals surface area contributed by atoms with Crippen molar-refractivity contribution in [1.29, 1.82) is 0 Å². The molecule has 2 heteroatoms. The van der Waals surface area contributed by atoms with Crippen molar-refractivity contribution < 1.29 is 9.90 Å². The lowest BCUT2D eigenvalue weighted by Gasteiger charge is -2.42. The van der Waals surface area contributed by atoms with E-state index in [1.807, 2.05) is 12.1 Å². The van der Waals surface area contributed by atoms with Crippen LogP contribution < -0.4 is 0 Å². The summed E-state index contributed by atoms with van der Waals surface area (Å²) in [6.45, 7) is 14.1.